The third-order valence-electron chi connectivity index (χ3n) is 6.09. The Kier molecular flexibility index (Phi) is 13.9. The maximum atomic E-state index is 12.4. The molecule has 0 amide bonds. The Morgan fingerprint density at radius 1 is 0.886 bits per heavy atom. The number of carbonyl (C=O) groups excluding carboxylic acids is 1. The monoisotopic (exact) mass is 483 g/mol. The standard InChI is InChI=1S/C30H45NO4/c1-5-6-7-8-9-10-11-16-30(32)35-28(23-31(2)3)24-34-29-15-13-12-14-26(29)20-17-25-18-21-27(33-4)22-19-25/h12-15,18-19,21-22,28H,5-11,16-17,20,23-24H2,1-4H3. The Balaban J connectivity index is 1.83. The van der Waals surface area contributed by atoms with Crippen LogP contribution in [0.25, 0.3) is 0 Å². The smallest absolute Gasteiger partial charge is 0.306 e. The Morgan fingerprint density at radius 2 is 1.57 bits per heavy atom. The summed E-state index contributed by atoms with van der Waals surface area (Å²) in [5.41, 5.74) is 2.41. The SMILES string of the molecule is CCCCCCCCCC(=O)OC(COc1ccccc1CCc1ccc(OC)cc1)CN(C)C. The third-order valence-corrected chi connectivity index (χ3v) is 6.09. The lowest BCUT2D eigenvalue weighted by atomic mass is 10.0. The van der Waals surface area contributed by atoms with Crippen molar-refractivity contribution in [3.8, 4) is 11.5 Å². The molecule has 5 heteroatoms. The van der Waals surface area contributed by atoms with Crippen molar-refractivity contribution in [1.29, 1.82) is 0 Å². The molecule has 0 aliphatic carbocycles. The number of benzene rings is 2. The van der Waals surface area contributed by atoms with Gasteiger partial charge in [-0.2, -0.15) is 0 Å². The first-order chi connectivity index (χ1) is 17.0. The van der Waals surface area contributed by atoms with E-state index in [0.29, 0.717) is 19.6 Å². The van der Waals surface area contributed by atoms with Gasteiger partial charge in [-0.1, -0.05) is 75.8 Å². The van der Waals surface area contributed by atoms with Crippen molar-refractivity contribution in [2.75, 3.05) is 34.4 Å². The van der Waals surface area contributed by atoms with Crippen LogP contribution in [-0.2, 0) is 22.4 Å². The minimum absolute atomic E-state index is 0.123. The minimum atomic E-state index is -0.295. The van der Waals surface area contributed by atoms with Crippen LogP contribution in [0.1, 0.15) is 69.4 Å². The van der Waals surface area contributed by atoms with Crippen LogP contribution in [0.15, 0.2) is 48.5 Å². The van der Waals surface area contributed by atoms with E-state index in [9.17, 15) is 4.79 Å². The van der Waals surface area contributed by atoms with Gasteiger partial charge in [-0.15, -0.1) is 0 Å². The number of likely N-dealkylation sites (N-methyl/N-ethyl adjacent to an activating group) is 1. The highest BCUT2D eigenvalue weighted by molar-refractivity contribution is 5.69. The Labute approximate surface area is 212 Å². The molecule has 0 aliphatic rings. The number of esters is 1. The first-order valence-corrected chi connectivity index (χ1v) is 13.2. The molecule has 1 unspecified atom stereocenters. The normalized spacial score (nSPS) is 11.9. The fourth-order valence-corrected chi connectivity index (χ4v) is 4.11. The molecule has 1 atom stereocenters. The number of para-hydroxylation sites is 1. The molecular formula is C30H45NO4. The fourth-order valence-electron chi connectivity index (χ4n) is 4.11. The highest BCUT2D eigenvalue weighted by Gasteiger charge is 2.17. The second-order valence-electron chi connectivity index (χ2n) is 9.51. The minimum Gasteiger partial charge on any atom is -0.497 e. The lowest BCUT2D eigenvalue weighted by molar-refractivity contribution is -0.151. The van der Waals surface area contributed by atoms with Gasteiger partial charge in [0.25, 0.3) is 0 Å². The molecule has 0 saturated heterocycles. The van der Waals surface area contributed by atoms with Crippen LogP contribution in [0.4, 0.5) is 0 Å². The van der Waals surface area contributed by atoms with Crippen LogP contribution >= 0.6 is 0 Å². The molecule has 194 valence electrons. The number of hydrogen-bond donors (Lipinski definition) is 0. The molecule has 0 fully saturated rings. The number of aryl methyl sites for hydroxylation is 2. The number of hydrogen-bond acceptors (Lipinski definition) is 5. The highest BCUT2D eigenvalue weighted by atomic mass is 16.6. The second kappa shape index (κ2) is 17.0. The van der Waals surface area contributed by atoms with Gasteiger partial charge < -0.3 is 19.1 Å². The molecule has 2 aromatic carbocycles. The lowest BCUT2D eigenvalue weighted by Gasteiger charge is -2.22. The largest absolute Gasteiger partial charge is 0.497 e. The molecule has 0 aliphatic heterocycles. The van der Waals surface area contributed by atoms with E-state index in [2.05, 4.69) is 25.1 Å². The van der Waals surface area contributed by atoms with E-state index in [4.69, 9.17) is 14.2 Å². The molecule has 0 aromatic heterocycles. The van der Waals surface area contributed by atoms with Crippen molar-refractivity contribution in [3.63, 3.8) is 0 Å². The molecule has 0 saturated carbocycles. The van der Waals surface area contributed by atoms with E-state index < -0.39 is 0 Å². The van der Waals surface area contributed by atoms with Crippen LogP contribution in [-0.4, -0.2) is 51.3 Å². The van der Waals surface area contributed by atoms with E-state index in [0.717, 1.165) is 42.7 Å². The van der Waals surface area contributed by atoms with Gasteiger partial charge in [-0.05, 0) is 62.7 Å². The average molecular weight is 484 g/mol. The Bertz CT molecular complexity index is 835. The van der Waals surface area contributed by atoms with Gasteiger partial charge in [0.05, 0.1) is 7.11 Å². The quantitative estimate of drug-likeness (QED) is 0.180. The van der Waals surface area contributed by atoms with Crippen molar-refractivity contribution >= 4 is 5.97 Å². The van der Waals surface area contributed by atoms with Crippen molar-refractivity contribution < 1.29 is 19.0 Å². The van der Waals surface area contributed by atoms with Gasteiger partial charge in [0.2, 0.25) is 0 Å². The fraction of sp³-hybridized carbons (Fsp3) is 0.567. The van der Waals surface area contributed by atoms with Gasteiger partial charge in [-0.25, -0.2) is 0 Å². The van der Waals surface area contributed by atoms with Gasteiger partial charge in [0.15, 0.2) is 0 Å². The summed E-state index contributed by atoms with van der Waals surface area (Å²) >= 11 is 0. The summed E-state index contributed by atoms with van der Waals surface area (Å²) in [5, 5.41) is 0. The first-order valence-electron chi connectivity index (χ1n) is 13.2. The van der Waals surface area contributed by atoms with Gasteiger partial charge >= 0.3 is 5.97 Å². The number of carbonyl (C=O) groups is 1. The van der Waals surface area contributed by atoms with Crippen LogP contribution < -0.4 is 9.47 Å². The summed E-state index contributed by atoms with van der Waals surface area (Å²) in [6.45, 7) is 3.21. The van der Waals surface area contributed by atoms with Crippen molar-refractivity contribution in [2.45, 2.75) is 77.2 Å². The summed E-state index contributed by atoms with van der Waals surface area (Å²) in [4.78, 5) is 14.5. The summed E-state index contributed by atoms with van der Waals surface area (Å²) < 4.78 is 17.2. The van der Waals surface area contributed by atoms with Crippen LogP contribution in [0.2, 0.25) is 0 Å². The van der Waals surface area contributed by atoms with Crippen molar-refractivity contribution in [2.24, 2.45) is 0 Å². The summed E-state index contributed by atoms with van der Waals surface area (Å²) in [5.74, 6) is 1.60. The highest BCUT2D eigenvalue weighted by Crippen LogP contribution is 2.21. The average Bonchev–Trinajstić information content (AvgIpc) is 2.86. The molecule has 2 aromatic rings. The molecule has 0 heterocycles. The molecule has 35 heavy (non-hydrogen) atoms. The number of unbranched alkanes of at least 4 members (excludes halogenated alkanes) is 6. The maximum absolute atomic E-state index is 12.4. The zero-order chi connectivity index (χ0) is 25.3. The van der Waals surface area contributed by atoms with Crippen molar-refractivity contribution in [1.82, 2.24) is 4.90 Å². The molecule has 0 bridgehead atoms. The number of nitrogens with zero attached hydrogens (tertiary/aromatic N) is 1. The number of methoxy groups -OCH3 is 1. The maximum Gasteiger partial charge on any atom is 0.306 e. The summed E-state index contributed by atoms with van der Waals surface area (Å²) in [7, 11) is 5.65. The molecular weight excluding hydrogens is 438 g/mol. The topological polar surface area (TPSA) is 48.0 Å². The molecule has 0 N–H and O–H groups in total. The van der Waals surface area contributed by atoms with E-state index in [1.807, 2.05) is 49.3 Å². The third kappa shape index (κ3) is 12.1. The molecule has 0 radical (unpaired) electrons. The molecule has 2 rings (SSSR count). The zero-order valence-electron chi connectivity index (χ0n) is 22.3. The van der Waals surface area contributed by atoms with Crippen molar-refractivity contribution in [3.05, 3.63) is 59.7 Å². The Morgan fingerprint density at radius 3 is 2.26 bits per heavy atom. The zero-order valence-corrected chi connectivity index (χ0v) is 22.3. The molecule has 0 spiro atoms. The first kappa shape index (κ1) is 28.7. The van der Waals surface area contributed by atoms with Gasteiger partial charge in [0.1, 0.15) is 24.2 Å². The second-order valence-corrected chi connectivity index (χ2v) is 9.51. The lowest BCUT2D eigenvalue weighted by Crippen LogP contribution is -2.35. The summed E-state index contributed by atoms with van der Waals surface area (Å²) in [6.07, 6.45) is 10.3. The van der Waals surface area contributed by atoms with Gasteiger partial charge in [0, 0.05) is 13.0 Å². The Hall–Kier alpha value is -2.53. The predicted molar refractivity (Wildman–Crippen MR) is 143 cm³/mol. The van der Waals surface area contributed by atoms with E-state index in [1.54, 1.807) is 7.11 Å². The van der Waals surface area contributed by atoms with Crippen LogP contribution in [0.3, 0.4) is 0 Å². The van der Waals surface area contributed by atoms with E-state index >= 15 is 0 Å². The van der Waals surface area contributed by atoms with E-state index in [-0.39, 0.29) is 12.1 Å². The number of ether oxygens (including phenoxy) is 3. The van der Waals surface area contributed by atoms with Crippen LogP contribution in [0.5, 0.6) is 11.5 Å². The summed E-state index contributed by atoms with van der Waals surface area (Å²) in [6, 6.07) is 16.3. The van der Waals surface area contributed by atoms with Crippen LogP contribution in [0, 0.1) is 0 Å². The van der Waals surface area contributed by atoms with E-state index in [1.165, 1.54) is 37.7 Å². The predicted octanol–water partition coefficient (Wildman–Crippen LogP) is 6.47. The number of rotatable bonds is 18. The van der Waals surface area contributed by atoms with Gasteiger partial charge in [-0.3, -0.25) is 4.79 Å². The molecule has 5 nitrogen and oxygen atoms in total.